The third-order valence-corrected chi connectivity index (χ3v) is 4.51. The fourth-order valence-corrected chi connectivity index (χ4v) is 3.00. The van der Waals surface area contributed by atoms with E-state index in [0.717, 1.165) is 16.8 Å². The summed E-state index contributed by atoms with van der Waals surface area (Å²) in [6.07, 6.45) is -0.0197. The maximum absolute atomic E-state index is 12.2. The van der Waals surface area contributed by atoms with Crippen LogP contribution in [0, 0.1) is 10.1 Å². The molecule has 2 amide bonds. The summed E-state index contributed by atoms with van der Waals surface area (Å²) in [5, 5.41) is 19.4. The highest BCUT2D eigenvalue weighted by Crippen LogP contribution is 2.25. The number of halogens is 1. The van der Waals surface area contributed by atoms with Gasteiger partial charge in [0, 0.05) is 23.0 Å². The van der Waals surface area contributed by atoms with E-state index in [1.165, 1.54) is 12.1 Å². The van der Waals surface area contributed by atoms with Gasteiger partial charge in [-0.1, -0.05) is 41.9 Å². The van der Waals surface area contributed by atoms with E-state index in [4.69, 9.17) is 11.6 Å². The first-order valence-corrected chi connectivity index (χ1v) is 9.27. The number of nitrogens with zero attached hydrogens (tertiary/aromatic N) is 2. The summed E-state index contributed by atoms with van der Waals surface area (Å²) in [7, 11) is 0. The van der Waals surface area contributed by atoms with Crippen molar-refractivity contribution in [1.29, 1.82) is 0 Å². The zero-order valence-electron chi connectivity index (χ0n) is 15.9. The number of nitro benzene ring substituents is 1. The van der Waals surface area contributed by atoms with Crippen LogP contribution in [0.3, 0.4) is 0 Å². The van der Waals surface area contributed by atoms with Crippen LogP contribution in [-0.2, 0) is 4.79 Å². The number of nitro groups is 1. The third-order valence-electron chi connectivity index (χ3n) is 4.20. The van der Waals surface area contributed by atoms with Gasteiger partial charge in [0.25, 0.3) is 11.6 Å². The van der Waals surface area contributed by atoms with Gasteiger partial charge in [0.15, 0.2) is 0 Å². The maximum atomic E-state index is 12.2. The molecule has 0 bridgehead atoms. The lowest BCUT2D eigenvalue weighted by molar-refractivity contribution is -0.384. The zero-order chi connectivity index (χ0) is 21.7. The highest BCUT2D eigenvalue weighted by Gasteiger charge is 2.15. The van der Waals surface area contributed by atoms with E-state index in [1.807, 2.05) is 42.5 Å². The standard InChI is InChI=1S/C21H17ClN4O4/c1-13(24-25-21(28)16-7-9-19(26(29)30)18(22)12-16)10-20(27)23-17-8-6-14-4-2-3-5-15(14)11-17/h2-9,11-12H,10H2,1H3,(H,23,27)(H,25,28). The van der Waals surface area contributed by atoms with E-state index in [1.54, 1.807) is 6.92 Å². The van der Waals surface area contributed by atoms with E-state index in [9.17, 15) is 19.7 Å². The second-order valence-electron chi connectivity index (χ2n) is 6.50. The highest BCUT2D eigenvalue weighted by atomic mass is 35.5. The van der Waals surface area contributed by atoms with Crippen molar-refractivity contribution in [1.82, 2.24) is 5.43 Å². The SMILES string of the molecule is CC(CC(=O)Nc1ccc2ccccc2c1)=NNC(=O)c1ccc([N+](=O)[O-])c(Cl)c1. The van der Waals surface area contributed by atoms with Crippen molar-refractivity contribution in [2.45, 2.75) is 13.3 Å². The predicted octanol–water partition coefficient (Wildman–Crippen LogP) is 4.54. The number of hydrogen-bond donors (Lipinski definition) is 2. The quantitative estimate of drug-likeness (QED) is 0.343. The van der Waals surface area contributed by atoms with Crippen molar-refractivity contribution in [3.63, 3.8) is 0 Å². The summed E-state index contributed by atoms with van der Waals surface area (Å²) in [4.78, 5) is 34.5. The molecule has 9 heteroatoms. The van der Waals surface area contributed by atoms with Gasteiger partial charge >= 0.3 is 0 Å². The van der Waals surface area contributed by atoms with Gasteiger partial charge in [0.05, 0.1) is 11.3 Å². The normalized spacial score (nSPS) is 11.2. The van der Waals surface area contributed by atoms with Gasteiger partial charge in [-0.25, -0.2) is 5.43 Å². The molecular formula is C21H17ClN4O4. The largest absolute Gasteiger partial charge is 0.326 e. The molecule has 3 aromatic carbocycles. The second-order valence-corrected chi connectivity index (χ2v) is 6.91. The van der Waals surface area contributed by atoms with Gasteiger partial charge in [0.1, 0.15) is 5.02 Å². The van der Waals surface area contributed by atoms with E-state index in [0.29, 0.717) is 11.4 Å². The fraction of sp³-hybridized carbons (Fsp3) is 0.0952. The van der Waals surface area contributed by atoms with Gasteiger partial charge in [-0.15, -0.1) is 0 Å². The molecule has 8 nitrogen and oxygen atoms in total. The monoisotopic (exact) mass is 424 g/mol. The lowest BCUT2D eigenvalue weighted by Crippen LogP contribution is -2.21. The summed E-state index contributed by atoms with van der Waals surface area (Å²) in [5.74, 6) is -0.875. The number of fused-ring (bicyclic) bond motifs is 1. The molecule has 0 aromatic heterocycles. The van der Waals surface area contributed by atoms with Crippen molar-refractivity contribution in [3.05, 3.63) is 81.4 Å². The number of benzene rings is 3. The van der Waals surface area contributed by atoms with Gasteiger partial charge < -0.3 is 5.32 Å². The van der Waals surface area contributed by atoms with Crippen LogP contribution in [0.25, 0.3) is 10.8 Å². The minimum atomic E-state index is -0.638. The van der Waals surface area contributed by atoms with Crippen LogP contribution < -0.4 is 10.7 Å². The van der Waals surface area contributed by atoms with Crippen LogP contribution in [0.15, 0.2) is 65.8 Å². The van der Waals surface area contributed by atoms with Crippen LogP contribution in [0.1, 0.15) is 23.7 Å². The third kappa shape index (κ3) is 5.18. The first-order chi connectivity index (χ1) is 14.3. The Morgan fingerprint density at radius 2 is 1.80 bits per heavy atom. The summed E-state index contributed by atoms with van der Waals surface area (Å²) in [5.41, 5.74) is 3.18. The molecule has 0 saturated heterocycles. The fourth-order valence-electron chi connectivity index (χ4n) is 2.75. The topological polar surface area (TPSA) is 114 Å². The second kappa shape index (κ2) is 9.15. The number of anilines is 1. The summed E-state index contributed by atoms with van der Waals surface area (Å²) in [6.45, 7) is 1.60. The molecule has 0 spiro atoms. The number of hydrazone groups is 1. The molecule has 0 unspecified atom stereocenters. The van der Waals surface area contributed by atoms with E-state index in [2.05, 4.69) is 15.8 Å². The molecule has 0 atom stereocenters. The summed E-state index contributed by atoms with van der Waals surface area (Å²) < 4.78 is 0. The Kier molecular flexibility index (Phi) is 6.38. The number of carbonyl (C=O) groups is 2. The van der Waals surface area contributed by atoms with Crippen molar-refractivity contribution in [2.75, 3.05) is 5.32 Å². The Hall–Kier alpha value is -3.78. The van der Waals surface area contributed by atoms with Crippen molar-refractivity contribution in [2.24, 2.45) is 5.10 Å². The van der Waals surface area contributed by atoms with Crippen molar-refractivity contribution >= 4 is 51.3 Å². The van der Waals surface area contributed by atoms with Crippen LogP contribution in [-0.4, -0.2) is 22.4 Å². The van der Waals surface area contributed by atoms with Crippen LogP contribution in [0.2, 0.25) is 5.02 Å². The average molecular weight is 425 g/mol. The van der Waals surface area contributed by atoms with Crippen LogP contribution >= 0.6 is 11.6 Å². The highest BCUT2D eigenvalue weighted by molar-refractivity contribution is 6.33. The van der Waals surface area contributed by atoms with Crippen LogP contribution in [0.5, 0.6) is 0 Å². The number of hydrogen-bond acceptors (Lipinski definition) is 5. The smallest absolute Gasteiger partial charge is 0.287 e. The molecule has 0 saturated carbocycles. The zero-order valence-corrected chi connectivity index (χ0v) is 16.6. The Balaban J connectivity index is 1.58. The Bertz CT molecular complexity index is 1180. The van der Waals surface area contributed by atoms with Gasteiger partial charge in [0.2, 0.25) is 5.91 Å². The minimum Gasteiger partial charge on any atom is -0.326 e. The molecule has 2 N–H and O–H groups in total. The first kappa shape index (κ1) is 20.9. The van der Waals surface area contributed by atoms with Crippen LogP contribution in [0.4, 0.5) is 11.4 Å². The average Bonchev–Trinajstić information content (AvgIpc) is 2.71. The van der Waals surface area contributed by atoms with Gasteiger partial charge in [-0.2, -0.15) is 5.10 Å². The molecule has 152 valence electrons. The molecule has 0 radical (unpaired) electrons. The van der Waals surface area contributed by atoms with E-state index < -0.39 is 10.8 Å². The van der Waals surface area contributed by atoms with Gasteiger partial charge in [-0.05, 0) is 42.0 Å². The molecule has 0 aliphatic heterocycles. The number of nitrogens with one attached hydrogen (secondary N) is 2. The molecule has 3 rings (SSSR count). The Labute approximate surface area is 176 Å². The Morgan fingerprint density at radius 3 is 2.50 bits per heavy atom. The molecule has 0 aliphatic rings. The summed E-state index contributed by atoms with van der Waals surface area (Å²) in [6, 6.07) is 17.0. The molecule has 0 aliphatic carbocycles. The lowest BCUT2D eigenvalue weighted by Gasteiger charge is -2.07. The van der Waals surface area contributed by atoms with E-state index in [-0.39, 0.29) is 28.6 Å². The summed E-state index contributed by atoms with van der Waals surface area (Å²) >= 11 is 5.80. The number of rotatable bonds is 6. The van der Waals surface area contributed by atoms with Gasteiger partial charge in [-0.3, -0.25) is 19.7 Å². The lowest BCUT2D eigenvalue weighted by atomic mass is 10.1. The minimum absolute atomic E-state index is 0.0197. The van der Waals surface area contributed by atoms with Crippen molar-refractivity contribution < 1.29 is 14.5 Å². The number of amides is 2. The molecule has 0 heterocycles. The molecule has 30 heavy (non-hydrogen) atoms. The van der Waals surface area contributed by atoms with E-state index >= 15 is 0 Å². The predicted molar refractivity (Wildman–Crippen MR) is 116 cm³/mol. The number of carbonyl (C=O) groups excluding carboxylic acids is 2. The maximum Gasteiger partial charge on any atom is 0.287 e. The first-order valence-electron chi connectivity index (χ1n) is 8.89. The molecule has 3 aromatic rings. The Morgan fingerprint density at radius 1 is 1.07 bits per heavy atom. The van der Waals surface area contributed by atoms with Crippen molar-refractivity contribution in [3.8, 4) is 0 Å². The molecular weight excluding hydrogens is 408 g/mol. The molecule has 0 fully saturated rings.